The molecule has 0 heterocycles. The summed E-state index contributed by atoms with van der Waals surface area (Å²) in [6.45, 7) is 12.2. The van der Waals surface area contributed by atoms with E-state index in [0.29, 0.717) is 12.0 Å². The van der Waals surface area contributed by atoms with Crippen molar-refractivity contribution < 1.29 is 9.53 Å². The van der Waals surface area contributed by atoms with Crippen molar-refractivity contribution in [1.29, 1.82) is 0 Å². The molecule has 1 rings (SSSR count). The first-order valence-corrected chi connectivity index (χ1v) is 6.67. The summed E-state index contributed by atoms with van der Waals surface area (Å²) in [6.07, 6.45) is 3.34. The molecule has 1 aliphatic carbocycles. The van der Waals surface area contributed by atoms with Crippen LogP contribution in [0, 0.1) is 16.7 Å². The summed E-state index contributed by atoms with van der Waals surface area (Å²) in [5.74, 6) is 0.729. The van der Waals surface area contributed by atoms with Crippen molar-refractivity contribution in [2.75, 3.05) is 13.2 Å². The zero-order chi connectivity index (χ0) is 13.1. The monoisotopic (exact) mass is 241 g/mol. The van der Waals surface area contributed by atoms with Gasteiger partial charge >= 0.3 is 6.09 Å². The fourth-order valence-electron chi connectivity index (χ4n) is 3.76. The lowest BCUT2D eigenvalue weighted by atomic mass is 9.61. The minimum atomic E-state index is -0.287. The average molecular weight is 241 g/mol. The first kappa shape index (κ1) is 14.3. The predicted octanol–water partition coefficient (Wildman–Crippen LogP) is 3.59. The van der Waals surface area contributed by atoms with Crippen LogP contribution in [0.3, 0.4) is 0 Å². The van der Waals surface area contributed by atoms with Crippen molar-refractivity contribution in [2.24, 2.45) is 16.7 Å². The van der Waals surface area contributed by atoms with Crippen LogP contribution in [-0.4, -0.2) is 19.2 Å². The first-order chi connectivity index (χ1) is 7.76. The molecule has 1 amide bonds. The van der Waals surface area contributed by atoms with E-state index < -0.39 is 0 Å². The van der Waals surface area contributed by atoms with Crippen LogP contribution in [0.1, 0.15) is 53.9 Å². The first-order valence-electron chi connectivity index (χ1n) is 6.67. The van der Waals surface area contributed by atoms with Crippen LogP contribution in [-0.2, 0) is 4.74 Å². The molecule has 3 heteroatoms. The molecule has 0 aromatic carbocycles. The summed E-state index contributed by atoms with van der Waals surface area (Å²) in [5, 5.41) is 2.89. The molecule has 0 aromatic rings. The Bertz CT molecular complexity index is 275. The number of alkyl carbamates (subject to hydrolysis) is 1. The summed E-state index contributed by atoms with van der Waals surface area (Å²) in [4.78, 5) is 11.3. The molecule has 1 fully saturated rings. The van der Waals surface area contributed by atoms with Crippen LogP contribution in [0.15, 0.2) is 0 Å². The maximum atomic E-state index is 11.3. The topological polar surface area (TPSA) is 38.3 Å². The Labute approximate surface area is 105 Å². The SMILES string of the molecule is CCOC(=O)NCC1(C)CC(C)CC(C)(C)C1. The van der Waals surface area contributed by atoms with Crippen LogP contribution in [0.2, 0.25) is 0 Å². The van der Waals surface area contributed by atoms with Gasteiger partial charge in [0.2, 0.25) is 0 Å². The Morgan fingerprint density at radius 1 is 1.35 bits per heavy atom. The molecule has 2 atom stereocenters. The molecule has 0 radical (unpaired) electrons. The summed E-state index contributed by atoms with van der Waals surface area (Å²) >= 11 is 0. The van der Waals surface area contributed by atoms with E-state index in [2.05, 4.69) is 33.0 Å². The van der Waals surface area contributed by atoms with Crippen molar-refractivity contribution in [3.8, 4) is 0 Å². The number of amides is 1. The van der Waals surface area contributed by atoms with Crippen molar-refractivity contribution >= 4 is 6.09 Å². The molecule has 1 N–H and O–H groups in total. The maximum Gasteiger partial charge on any atom is 0.407 e. The van der Waals surface area contributed by atoms with E-state index in [0.717, 1.165) is 18.9 Å². The standard InChI is InChI=1S/C14H27NO2/c1-6-17-12(16)15-10-14(5)8-11(2)7-13(3,4)9-14/h11H,6-10H2,1-5H3,(H,15,16). The number of carbonyl (C=O) groups is 1. The molecule has 0 bridgehead atoms. The molecular formula is C14H27NO2. The second kappa shape index (κ2) is 5.28. The summed E-state index contributed by atoms with van der Waals surface area (Å²) in [7, 11) is 0. The number of hydrogen-bond acceptors (Lipinski definition) is 2. The molecule has 0 saturated heterocycles. The van der Waals surface area contributed by atoms with Gasteiger partial charge in [-0.1, -0.05) is 27.7 Å². The zero-order valence-electron chi connectivity index (χ0n) is 11.9. The van der Waals surface area contributed by atoms with Gasteiger partial charge in [-0.25, -0.2) is 4.79 Å². The Balaban J connectivity index is 2.52. The third-order valence-corrected chi connectivity index (χ3v) is 3.58. The fraction of sp³-hybridized carbons (Fsp3) is 0.929. The van der Waals surface area contributed by atoms with Gasteiger partial charge < -0.3 is 10.1 Å². The second-order valence-corrected chi connectivity index (χ2v) is 6.74. The lowest BCUT2D eigenvalue weighted by Gasteiger charge is -2.45. The van der Waals surface area contributed by atoms with E-state index in [1.165, 1.54) is 12.8 Å². The molecule has 0 spiro atoms. The predicted molar refractivity (Wildman–Crippen MR) is 69.9 cm³/mol. The summed E-state index contributed by atoms with van der Waals surface area (Å²) < 4.78 is 4.91. The molecule has 1 saturated carbocycles. The maximum absolute atomic E-state index is 11.3. The van der Waals surface area contributed by atoms with Gasteiger partial charge in [-0.2, -0.15) is 0 Å². The van der Waals surface area contributed by atoms with Crippen molar-refractivity contribution in [3.05, 3.63) is 0 Å². The average Bonchev–Trinajstić information content (AvgIpc) is 2.11. The van der Waals surface area contributed by atoms with Crippen LogP contribution in [0.25, 0.3) is 0 Å². The molecular weight excluding hydrogens is 214 g/mol. The van der Waals surface area contributed by atoms with Gasteiger partial charge in [0.1, 0.15) is 0 Å². The van der Waals surface area contributed by atoms with E-state index in [1.54, 1.807) is 0 Å². The molecule has 17 heavy (non-hydrogen) atoms. The minimum absolute atomic E-state index is 0.202. The number of nitrogens with one attached hydrogen (secondary N) is 1. The quantitative estimate of drug-likeness (QED) is 0.820. The lowest BCUT2D eigenvalue weighted by Crippen LogP contribution is -2.43. The van der Waals surface area contributed by atoms with Crippen molar-refractivity contribution in [1.82, 2.24) is 5.32 Å². The van der Waals surface area contributed by atoms with E-state index in [4.69, 9.17) is 4.74 Å². The van der Waals surface area contributed by atoms with E-state index in [9.17, 15) is 4.79 Å². The largest absolute Gasteiger partial charge is 0.450 e. The molecule has 2 unspecified atom stereocenters. The van der Waals surface area contributed by atoms with Gasteiger partial charge in [-0.15, -0.1) is 0 Å². The Kier molecular flexibility index (Phi) is 4.45. The highest BCUT2D eigenvalue weighted by molar-refractivity contribution is 5.67. The normalized spacial score (nSPS) is 31.9. The molecule has 1 aliphatic rings. The highest BCUT2D eigenvalue weighted by atomic mass is 16.5. The number of hydrogen-bond donors (Lipinski definition) is 1. The highest BCUT2D eigenvalue weighted by Crippen LogP contribution is 2.48. The second-order valence-electron chi connectivity index (χ2n) is 6.74. The van der Waals surface area contributed by atoms with Crippen molar-refractivity contribution in [2.45, 2.75) is 53.9 Å². The summed E-state index contributed by atoms with van der Waals surface area (Å²) in [6, 6.07) is 0. The zero-order valence-corrected chi connectivity index (χ0v) is 11.9. The Morgan fingerprint density at radius 3 is 2.53 bits per heavy atom. The Hall–Kier alpha value is -0.730. The number of ether oxygens (including phenoxy) is 1. The molecule has 0 aliphatic heterocycles. The van der Waals surface area contributed by atoms with E-state index >= 15 is 0 Å². The van der Waals surface area contributed by atoms with E-state index in [-0.39, 0.29) is 11.5 Å². The van der Waals surface area contributed by atoms with Crippen LogP contribution in [0.4, 0.5) is 4.79 Å². The molecule has 100 valence electrons. The fourth-order valence-corrected chi connectivity index (χ4v) is 3.76. The summed E-state index contributed by atoms with van der Waals surface area (Å²) in [5.41, 5.74) is 0.580. The van der Waals surface area contributed by atoms with Gasteiger partial charge in [0.15, 0.2) is 0 Å². The molecule has 3 nitrogen and oxygen atoms in total. The van der Waals surface area contributed by atoms with Gasteiger partial charge in [0.05, 0.1) is 6.61 Å². The third kappa shape index (κ3) is 4.57. The van der Waals surface area contributed by atoms with Gasteiger partial charge in [-0.05, 0) is 42.9 Å². The van der Waals surface area contributed by atoms with Gasteiger partial charge in [0, 0.05) is 6.54 Å². The van der Waals surface area contributed by atoms with E-state index in [1.807, 2.05) is 6.92 Å². The smallest absolute Gasteiger partial charge is 0.407 e. The van der Waals surface area contributed by atoms with Crippen LogP contribution < -0.4 is 5.32 Å². The van der Waals surface area contributed by atoms with Gasteiger partial charge in [0.25, 0.3) is 0 Å². The third-order valence-electron chi connectivity index (χ3n) is 3.58. The van der Waals surface area contributed by atoms with Gasteiger partial charge in [-0.3, -0.25) is 0 Å². The molecule has 0 aromatic heterocycles. The number of carbonyl (C=O) groups excluding carboxylic acids is 1. The minimum Gasteiger partial charge on any atom is -0.450 e. The van der Waals surface area contributed by atoms with Crippen LogP contribution in [0.5, 0.6) is 0 Å². The lowest BCUT2D eigenvalue weighted by molar-refractivity contribution is 0.0584. The van der Waals surface area contributed by atoms with Crippen molar-refractivity contribution in [3.63, 3.8) is 0 Å². The highest BCUT2D eigenvalue weighted by Gasteiger charge is 2.39. The van der Waals surface area contributed by atoms with Crippen LogP contribution >= 0.6 is 0 Å². The Morgan fingerprint density at radius 2 is 2.00 bits per heavy atom. The number of rotatable bonds is 3.